The molecule has 0 aromatic heterocycles. The van der Waals surface area contributed by atoms with E-state index in [1.54, 1.807) is 0 Å². The summed E-state index contributed by atoms with van der Waals surface area (Å²) in [7, 11) is 0. The summed E-state index contributed by atoms with van der Waals surface area (Å²) >= 11 is 0. The van der Waals surface area contributed by atoms with Gasteiger partial charge in [-0.1, -0.05) is 6.07 Å². The van der Waals surface area contributed by atoms with E-state index < -0.39 is 0 Å². The molecule has 5 rings (SSSR count). The molecule has 1 aromatic rings. The van der Waals surface area contributed by atoms with E-state index in [4.69, 9.17) is 9.47 Å². The standard InChI is InChI=1S/C26H39N3O4/c1-3-32-22-6-5-18(14-23(22)33-4-2)7-9-27-24(30)8-10-28-25(31)29-26-15-19-11-20(16-26)13-21(12-19)17-26/h5-6,14,19-21H,3-4,7-13,15-17H2,1-2H3,(H,27,30)(H2,28,29,31). The molecule has 0 saturated heterocycles. The van der Waals surface area contributed by atoms with Crippen LogP contribution < -0.4 is 25.4 Å². The molecule has 4 aliphatic rings. The number of ether oxygens (including phenoxy) is 2. The molecule has 182 valence electrons. The van der Waals surface area contributed by atoms with Gasteiger partial charge < -0.3 is 25.4 Å². The van der Waals surface area contributed by atoms with E-state index in [0.717, 1.165) is 54.1 Å². The summed E-state index contributed by atoms with van der Waals surface area (Å²) in [4.78, 5) is 24.7. The number of amides is 3. The van der Waals surface area contributed by atoms with Crippen LogP contribution in [0.2, 0.25) is 0 Å². The van der Waals surface area contributed by atoms with E-state index in [9.17, 15) is 9.59 Å². The summed E-state index contributed by atoms with van der Waals surface area (Å²) in [6.45, 7) is 5.94. The van der Waals surface area contributed by atoms with Crippen molar-refractivity contribution in [3.05, 3.63) is 23.8 Å². The molecule has 33 heavy (non-hydrogen) atoms. The molecular formula is C26H39N3O4. The van der Waals surface area contributed by atoms with E-state index in [1.165, 1.54) is 19.3 Å². The molecule has 4 saturated carbocycles. The fourth-order valence-corrected chi connectivity index (χ4v) is 6.52. The first-order valence-electron chi connectivity index (χ1n) is 12.7. The second-order valence-electron chi connectivity index (χ2n) is 10.1. The number of hydrogen-bond donors (Lipinski definition) is 3. The minimum absolute atomic E-state index is 0.000840. The van der Waals surface area contributed by atoms with Crippen LogP contribution in [0, 0.1) is 17.8 Å². The van der Waals surface area contributed by atoms with Gasteiger partial charge in [0.05, 0.1) is 13.2 Å². The molecule has 0 aliphatic heterocycles. The van der Waals surface area contributed by atoms with Gasteiger partial charge in [-0.3, -0.25) is 4.79 Å². The zero-order valence-corrected chi connectivity index (χ0v) is 20.1. The highest BCUT2D eigenvalue weighted by Gasteiger charge is 2.51. The SMILES string of the molecule is CCOc1ccc(CCNC(=O)CCNC(=O)NC23CC4CC(CC(C4)C2)C3)cc1OCC. The van der Waals surface area contributed by atoms with Crippen molar-refractivity contribution in [3.63, 3.8) is 0 Å². The summed E-state index contributed by atoms with van der Waals surface area (Å²) in [6.07, 6.45) is 8.43. The highest BCUT2D eigenvalue weighted by molar-refractivity contribution is 5.78. The Morgan fingerprint density at radius 1 is 0.909 bits per heavy atom. The van der Waals surface area contributed by atoms with Gasteiger partial charge in [-0.25, -0.2) is 4.79 Å². The highest BCUT2D eigenvalue weighted by atomic mass is 16.5. The first-order valence-corrected chi connectivity index (χ1v) is 12.7. The lowest BCUT2D eigenvalue weighted by molar-refractivity contribution is -0.120. The van der Waals surface area contributed by atoms with Crippen molar-refractivity contribution in [1.29, 1.82) is 0 Å². The summed E-state index contributed by atoms with van der Waals surface area (Å²) in [5.74, 6) is 3.80. The lowest BCUT2D eigenvalue weighted by atomic mass is 9.53. The van der Waals surface area contributed by atoms with Gasteiger partial charge in [-0.15, -0.1) is 0 Å². The van der Waals surface area contributed by atoms with Crippen LogP contribution in [0.15, 0.2) is 18.2 Å². The van der Waals surface area contributed by atoms with Crippen LogP contribution in [0.5, 0.6) is 11.5 Å². The summed E-state index contributed by atoms with van der Waals surface area (Å²) < 4.78 is 11.3. The smallest absolute Gasteiger partial charge is 0.315 e. The molecule has 3 N–H and O–H groups in total. The van der Waals surface area contributed by atoms with Gasteiger partial charge in [0.25, 0.3) is 0 Å². The summed E-state index contributed by atoms with van der Waals surface area (Å²) in [5, 5.41) is 9.12. The predicted molar refractivity (Wildman–Crippen MR) is 128 cm³/mol. The fourth-order valence-electron chi connectivity index (χ4n) is 6.52. The van der Waals surface area contributed by atoms with Gasteiger partial charge in [0, 0.05) is 25.0 Å². The summed E-state index contributed by atoms with van der Waals surface area (Å²) in [6, 6.07) is 5.76. The van der Waals surface area contributed by atoms with Crippen LogP contribution in [0.4, 0.5) is 4.79 Å². The topological polar surface area (TPSA) is 88.7 Å². The van der Waals surface area contributed by atoms with E-state index in [1.807, 2.05) is 32.0 Å². The first-order chi connectivity index (χ1) is 16.0. The van der Waals surface area contributed by atoms with Crippen LogP contribution >= 0.6 is 0 Å². The average molecular weight is 458 g/mol. The van der Waals surface area contributed by atoms with Crippen molar-refractivity contribution in [2.45, 2.75) is 70.8 Å². The van der Waals surface area contributed by atoms with Crippen LogP contribution in [0.1, 0.15) is 64.4 Å². The Hall–Kier alpha value is -2.44. The molecule has 0 heterocycles. The lowest BCUT2D eigenvalue weighted by Gasteiger charge is -2.56. The molecular weight excluding hydrogens is 418 g/mol. The Kier molecular flexibility index (Phi) is 7.66. The highest BCUT2D eigenvalue weighted by Crippen LogP contribution is 2.55. The summed E-state index contributed by atoms with van der Waals surface area (Å²) in [5.41, 5.74) is 1.08. The van der Waals surface area contributed by atoms with E-state index >= 15 is 0 Å². The second-order valence-corrected chi connectivity index (χ2v) is 10.1. The number of nitrogens with one attached hydrogen (secondary N) is 3. The minimum Gasteiger partial charge on any atom is -0.490 e. The van der Waals surface area contributed by atoms with Gasteiger partial charge in [-0.05, 0) is 94.2 Å². The number of hydrogen-bond acceptors (Lipinski definition) is 4. The molecule has 0 atom stereocenters. The Balaban J connectivity index is 1.14. The molecule has 0 radical (unpaired) electrons. The van der Waals surface area contributed by atoms with E-state index in [-0.39, 0.29) is 23.9 Å². The molecule has 1 aromatic carbocycles. The van der Waals surface area contributed by atoms with Crippen molar-refractivity contribution < 1.29 is 19.1 Å². The minimum atomic E-state index is -0.123. The third-order valence-electron chi connectivity index (χ3n) is 7.40. The number of urea groups is 1. The maximum absolute atomic E-state index is 12.5. The number of benzene rings is 1. The maximum atomic E-state index is 12.5. The Bertz CT molecular complexity index is 806. The van der Waals surface area contributed by atoms with Crippen molar-refractivity contribution >= 4 is 11.9 Å². The van der Waals surface area contributed by atoms with Gasteiger partial charge in [0.2, 0.25) is 5.91 Å². The maximum Gasteiger partial charge on any atom is 0.315 e. The zero-order chi connectivity index (χ0) is 23.3. The molecule has 4 aliphatic carbocycles. The van der Waals surface area contributed by atoms with Crippen molar-refractivity contribution in [2.75, 3.05) is 26.3 Å². The number of carbonyl (C=O) groups excluding carboxylic acids is 2. The van der Waals surface area contributed by atoms with Crippen molar-refractivity contribution in [1.82, 2.24) is 16.0 Å². The zero-order valence-electron chi connectivity index (χ0n) is 20.1. The quantitative estimate of drug-likeness (QED) is 0.472. The van der Waals surface area contributed by atoms with Gasteiger partial charge in [-0.2, -0.15) is 0 Å². The van der Waals surface area contributed by atoms with E-state index in [0.29, 0.717) is 32.7 Å². The Labute approximate surface area is 197 Å². The van der Waals surface area contributed by atoms with Gasteiger partial charge >= 0.3 is 6.03 Å². The number of rotatable bonds is 11. The normalized spacial score (nSPS) is 27.2. The van der Waals surface area contributed by atoms with Gasteiger partial charge in [0.1, 0.15) is 0 Å². The third-order valence-corrected chi connectivity index (χ3v) is 7.40. The molecule has 4 bridgehead atoms. The average Bonchev–Trinajstić information content (AvgIpc) is 2.74. The van der Waals surface area contributed by atoms with E-state index in [2.05, 4.69) is 16.0 Å². The molecule has 0 unspecified atom stereocenters. The lowest BCUT2D eigenvalue weighted by Crippen LogP contribution is -2.61. The largest absolute Gasteiger partial charge is 0.490 e. The van der Waals surface area contributed by atoms with Crippen LogP contribution in [0.25, 0.3) is 0 Å². The first kappa shape index (κ1) is 23.7. The molecule has 0 spiro atoms. The predicted octanol–water partition coefficient (Wildman–Crippen LogP) is 3.80. The van der Waals surface area contributed by atoms with Crippen molar-refractivity contribution in [2.24, 2.45) is 17.8 Å². The van der Waals surface area contributed by atoms with Crippen LogP contribution in [-0.4, -0.2) is 43.8 Å². The van der Waals surface area contributed by atoms with Crippen LogP contribution in [-0.2, 0) is 11.2 Å². The van der Waals surface area contributed by atoms with Crippen molar-refractivity contribution in [3.8, 4) is 11.5 Å². The fraction of sp³-hybridized carbons (Fsp3) is 0.692. The molecule has 7 heteroatoms. The Morgan fingerprint density at radius 3 is 2.18 bits per heavy atom. The van der Waals surface area contributed by atoms with Crippen LogP contribution in [0.3, 0.4) is 0 Å². The third kappa shape index (κ3) is 6.12. The van der Waals surface area contributed by atoms with Gasteiger partial charge in [0.15, 0.2) is 11.5 Å². The molecule has 7 nitrogen and oxygen atoms in total. The number of carbonyl (C=O) groups is 2. The monoisotopic (exact) mass is 457 g/mol. The molecule has 4 fully saturated rings. The molecule has 3 amide bonds. The Morgan fingerprint density at radius 2 is 1.55 bits per heavy atom. The second kappa shape index (κ2) is 10.7.